The first-order valence-corrected chi connectivity index (χ1v) is 8.58. The molecule has 0 amide bonds. The zero-order valence-corrected chi connectivity index (χ0v) is 15.5. The van der Waals surface area contributed by atoms with Crippen LogP contribution in [0.15, 0.2) is 36.7 Å². The van der Waals surface area contributed by atoms with Gasteiger partial charge in [-0.3, -0.25) is 0 Å². The summed E-state index contributed by atoms with van der Waals surface area (Å²) in [7, 11) is 0. The van der Waals surface area contributed by atoms with Gasteiger partial charge >= 0.3 is 0 Å². The van der Waals surface area contributed by atoms with Gasteiger partial charge in [-0.25, -0.2) is 14.1 Å². The van der Waals surface area contributed by atoms with Crippen molar-refractivity contribution in [3.63, 3.8) is 0 Å². The van der Waals surface area contributed by atoms with Gasteiger partial charge in [0.05, 0.1) is 19.5 Å². The lowest BCUT2D eigenvalue weighted by Gasteiger charge is -2.20. The summed E-state index contributed by atoms with van der Waals surface area (Å²) in [5.74, 6) is -1.30. The summed E-state index contributed by atoms with van der Waals surface area (Å²) in [5.41, 5.74) is -1.21. The Morgan fingerprint density at radius 3 is 2.90 bits per heavy atom. The Morgan fingerprint density at radius 1 is 1.31 bits per heavy atom. The van der Waals surface area contributed by atoms with Gasteiger partial charge in [-0.2, -0.15) is 9.61 Å². The standard InChI is InChI=1S/C19H20FN7O2/c1-4-26-16(21-11-22-26)10-29-18-13(19(2,3)28)9-15-23-24-17(27(15)25-18)12-7-5-6-8-14(12)20/h5-9,11,28H,4,10H2,1-3H3/i1D3,10D2. The Kier molecular flexibility index (Phi) is 3.41. The summed E-state index contributed by atoms with van der Waals surface area (Å²) in [4.78, 5) is 3.82. The van der Waals surface area contributed by atoms with Gasteiger partial charge in [-0.15, -0.1) is 15.3 Å². The van der Waals surface area contributed by atoms with Crippen LogP contribution in [0.2, 0.25) is 0 Å². The molecule has 0 aliphatic carbocycles. The fourth-order valence-corrected chi connectivity index (χ4v) is 2.69. The van der Waals surface area contributed by atoms with Crippen molar-refractivity contribution in [3.8, 4) is 17.3 Å². The van der Waals surface area contributed by atoms with Crippen molar-refractivity contribution >= 4 is 5.65 Å². The van der Waals surface area contributed by atoms with Crippen molar-refractivity contribution in [2.24, 2.45) is 0 Å². The van der Waals surface area contributed by atoms with Gasteiger partial charge in [-0.05, 0) is 38.9 Å². The van der Waals surface area contributed by atoms with Crippen molar-refractivity contribution < 1.29 is 21.1 Å². The summed E-state index contributed by atoms with van der Waals surface area (Å²) in [6.45, 7) is -2.86. The lowest BCUT2D eigenvalue weighted by molar-refractivity contribution is 0.0729. The van der Waals surface area contributed by atoms with Crippen molar-refractivity contribution in [1.82, 2.24) is 34.6 Å². The predicted molar refractivity (Wildman–Crippen MR) is 101 cm³/mol. The van der Waals surface area contributed by atoms with Crippen LogP contribution in [-0.4, -0.2) is 39.7 Å². The average molecular weight is 402 g/mol. The molecule has 29 heavy (non-hydrogen) atoms. The van der Waals surface area contributed by atoms with Crippen LogP contribution in [-0.2, 0) is 18.7 Å². The van der Waals surface area contributed by atoms with Gasteiger partial charge in [0.2, 0.25) is 5.88 Å². The molecule has 1 aromatic carbocycles. The van der Waals surface area contributed by atoms with E-state index in [4.69, 9.17) is 11.6 Å². The van der Waals surface area contributed by atoms with E-state index in [0.717, 1.165) is 15.5 Å². The fourth-order valence-electron chi connectivity index (χ4n) is 2.69. The molecule has 0 fully saturated rings. The molecule has 0 saturated heterocycles. The number of hydrogen-bond acceptors (Lipinski definition) is 7. The largest absolute Gasteiger partial charge is 0.468 e. The molecule has 0 spiro atoms. The molecular formula is C19H20FN7O2. The minimum Gasteiger partial charge on any atom is -0.468 e. The number of aryl methyl sites for hydroxylation is 1. The maximum Gasteiger partial charge on any atom is 0.238 e. The third-order valence-corrected chi connectivity index (χ3v) is 4.14. The Labute approximate surface area is 172 Å². The lowest BCUT2D eigenvalue weighted by Crippen LogP contribution is -2.20. The summed E-state index contributed by atoms with van der Waals surface area (Å²) in [6.07, 6.45) is 1.01. The maximum absolute atomic E-state index is 14.4. The quantitative estimate of drug-likeness (QED) is 0.528. The third-order valence-electron chi connectivity index (χ3n) is 4.14. The zero-order valence-electron chi connectivity index (χ0n) is 20.5. The van der Waals surface area contributed by atoms with E-state index in [0.29, 0.717) is 0 Å². The van der Waals surface area contributed by atoms with E-state index < -0.39 is 37.2 Å². The molecule has 10 heteroatoms. The molecule has 0 unspecified atom stereocenters. The Balaban J connectivity index is 1.83. The SMILES string of the molecule is [2H]C([2H])([2H])Cn1ncnc1C([2H])([2H])Oc1nn2c(-c3ccccc3F)nnc2cc1C(C)(C)O. The molecule has 1 N–H and O–H groups in total. The number of aromatic nitrogens is 7. The second kappa shape index (κ2) is 7.21. The van der Waals surface area contributed by atoms with Crippen molar-refractivity contribution in [3.05, 3.63) is 53.9 Å². The molecular weight excluding hydrogens is 377 g/mol. The van der Waals surface area contributed by atoms with Crippen LogP contribution < -0.4 is 4.74 Å². The molecule has 9 nitrogen and oxygen atoms in total. The average Bonchev–Trinajstić information content (AvgIpc) is 3.32. The normalized spacial score (nSPS) is 15.4. The molecule has 0 aliphatic rings. The number of aliphatic hydroxyl groups is 1. The molecule has 0 radical (unpaired) electrons. The van der Waals surface area contributed by atoms with Gasteiger partial charge < -0.3 is 9.84 Å². The molecule has 3 aromatic heterocycles. The number of hydrogen-bond donors (Lipinski definition) is 1. The Bertz CT molecular complexity index is 1350. The Hall–Kier alpha value is -3.40. The molecule has 3 heterocycles. The summed E-state index contributed by atoms with van der Waals surface area (Å²) < 4.78 is 61.1. The highest BCUT2D eigenvalue weighted by Crippen LogP contribution is 2.31. The number of benzene rings is 1. The van der Waals surface area contributed by atoms with Gasteiger partial charge in [-0.1, -0.05) is 12.1 Å². The number of ether oxygens (including phenoxy) is 1. The van der Waals surface area contributed by atoms with Crippen LogP contribution in [0.4, 0.5) is 4.39 Å². The van der Waals surface area contributed by atoms with E-state index in [1.165, 1.54) is 38.1 Å². The second-order valence-electron chi connectivity index (χ2n) is 6.64. The van der Waals surface area contributed by atoms with Crippen molar-refractivity contribution in [2.45, 2.75) is 39.4 Å². The van der Waals surface area contributed by atoms with E-state index in [2.05, 4.69) is 25.4 Å². The van der Waals surface area contributed by atoms with Crippen LogP contribution in [0, 0.1) is 5.82 Å². The summed E-state index contributed by atoms with van der Waals surface area (Å²) >= 11 is 0. The minimum absolute atomic E-state index is 0.0337. The first-order valence-electron chi connectivity index (χ1n) is 11.1. The first-order chi connectivity index (χ1) is 15.8. The molecule has 0 atom stereocenters. The van der Waals surface area contributed by atoms with Crippen LogP contribution in [0.25, 0.3) is 17.0 Å². The second-order valence-corrected chi connectivity index (χ2v) is 6.64. The van der Waals surface area contributed by atoms with Gasteiger partial charge in [0.1, 0.15) is 18.7 Å². The van der Waals surface area contributed by atoms with E-state index in [9.17, 15) is 9.50 Å². The van der Waals surface area contributed by atoms with E-state index >= 15 is 0 Å². The van der Waals surface area contributed by atoms with E-state index in [-0.39, 0.29) is 28.5 Å². The minimum atomic E-state index is -2.70. The highest BCUT2D eigenvalue weighted by atomic mass is 19.1. The smallest absolute Gasteiger partial charge is 0.238 e. The van der Waals surface area contributed by atoms with Crippen molar-refractivity contribution in [1.29, 1.82) is 0 Å². The molecule has 0 bridgehead atoms. The van der Waals surface area contributed by atoms with Crippen LogP contribution >= 0.6 is 0 Å². The summed E-state index contributed by atoms with van der Waals surface area (Å²) in [6, 6.07) is 7.24. The van der Waals surface area contributed by atoms with Crippen LogP contribution in [0.1, 0.15) is 38.9 Å². The first kappa shape index (κ1) is 13.7. The highest BCUT2D eigenvalue weighted by molar-refractivity contribution is 5.60. The monoisotopic (exact) mass is 402 g/mol. The van der Waals surface area contributed by atoms with Gasteiger partial charge in [0.25, 0.3) is 0 Å². The topological polar surface area (TPSA) is 103 Å². The molecule has 150 valence electrons. The number of halogens is 1. The predicted octanol–water partition coefficient (Wildman–Crippen LogP) is 2.35. The fraction of sp³-hybridized carbons (Fsp3) is 0.316. The summed E-state index contributed by atoms with van der Waals surface area (Å²) in [5, 5.41) is 26.7. The maximum atomic E-state index is 14.4. The number of fused-ring (bicyclic) bond motifs is 1. The molecule has 4 rings (SSSR count). The number of rotatable bonds is 6. The molecule has 0 aliphatic heterocycles. The third kappa shape index (κ3) is 3.54. The molecule has 0 saturated carbocycles. The van der Waals surface area contributed by atoms with E-state index in [1.54, 1.807) is 6.07 Å². The van der Waals surface area contributed by atoms with Gasteiger partial charge in [0.15, 0.2) is 17.3 Å². The molecule has 4 aromatic rings. The Morgan fingerprint density at radius 2 is 2.14 bits per heavy atom. The van der Waals surface area contributed by atoms with Gasteiger partial charge in [0, 0.05) is 10.7 Å². The van der Waals surface area contributed by atoms with E-state index in [1.807, 2.05) is 0 Å². The van der Waals surface area contributed by atoms with Crippen LogP contribution in [0.5, 0.6) is 5.88 Å². The van der Waals surface area contributed by atoms with Crippen LogP contribution in [0.3, 0.4) is 0 Å². The lowest BCUT2D eigenvalue weighted by atomic mass is 10.0. The highest BCUT2D eigenvalue weighted by Gasteiger charge is 2.26. The van der Waals surface area contributed by atoms with Crippen molar-refractivity contribution in [2.75, 3.05) is 0 Å². The zero-order chi connectivity index (χ0) is 24.9. The number of nitrogens with zero attached hydrogens (tertiary/aromatic N) is 7.